The number of aliphatic hydroxyl groups excluding tert-OH is 1. The molecule has 2 heterocycles. The van der Waals surface area contributed by atoms with Crippen LogP contribution >= 0.6 is 11.6 Å². The van der Waals surface area contributed by atoms with E-state index in [-0.39, 0.29) is 50.2 Å². The van der Waals surface area contributed by atoms with Crippen molar-refractivity contribution in [2.45, 2.75) is 38.2 Å². The highest BCUT2D eigenvalue weighted by atomic mass is 35.5. The average Bonchev–Trinajstić information content (AvgIpc) is 3.25. The smallest absolute Gasteiger partial charge is 0.348 e. The number of hydrogen-bond acceptors (Lipinski definition) is 8. The second kappa shape index (κ2) is 10.4. The van der Waals surface area contributed by atoms with E-state index in [0.717, 1.165) is 6.26 Å². The summed E-state index contributed by atoms with van der Waals surface area (Å²) in [7, 11) is -0.519. The fourth-order valence-electron chi connectivity index (χ4n) is 3.91. The van der Waals surface area contributed by atoms with Gasteiger partial charge in [-0.2, -0.15) is 10.2 Å². The van der Waals surface area contributed by atoms with Gasteiger partial charge in [0.2, 0.25) is 11.7 Å². The van der Waals surface area contributed by atoms with Crippen molar-refractivity contribution in [2.24, 2.45) is 14.1 Å². The molecule has 0 aliphatic heterocycles. The molecule has 192 valence electrons. The van der Waals surface area contributed by atoms with E-state index in [9.17, 15) is 23.1 Å². The number of aryl methyl sites for hydroxylation is 4. The van der Waals surface area contributed by atoms with Crippen molar-refractivity contribution in [1.29, 1.82) is 0 Å². The Bertz CT molecular complexity index is 1490. The Morgan fingerprint density at radius 3 is 2.39 bits per heavy atom. The normalized spacial score (nSPS) is 12.8. The van der Waals surface area contributed by atoms with Crippen molar-refractivity contribution in [3.05, 3.63) is 69.1 Å². The van der Waals surface area contributed by atoms with Crippen LogP contribution in [0.3, 0.4) is 0 Å². The number of carbonyl (C=O) groups excluding carboxylic acids is 2. The lowest BCUT2D eigenvalue weighted by atomic mass is 9.98. The maximum absolute atomic E-state index is 13.7. The lowest BCUT2D eigenvalue weighted by molar-refractivity contribution is 0.0717. The third kappa shape index (κ3) is 5.43. The van der Waals surface area contributed by atoms with Gasteiger partial charge in [0.15, 0.2) is 9.84 Å². The molecule has 0 bridgehead atoms. The van der Waals surface area contributed by atoms with Crippen LogP contribution in [0.1, 0.15) is 50.2 Å². The summed E-state index contributed by atoms with van der Waals surface area (Å²) in [5.74, 6) is -1.42. The molecular formula is C24H27ClN4O6S. The van der Waals surface area contributed by atoms with Gasteiger partial charge >= 0.3 is 5.97 Å². The number of rotatable bonds is 8. The number of aliphatic hydroxyl groups is 1. The molecule has 36 heavy (non-hydrogen) atoms. The molecular weight excluding hydrogens is 508 g/mol. The Labute approximate surface area is 214 Å². The number of esters is 1. The Morgan fingerprint density at radius 1 is 1.17 bits per heavy atom. The first-order chi connectivity index (χ1) is 16.8. The highest BCUT2D eigenvalue weighted by molar-refractivity contribution is 7.90. The predicted octanol–water partition coefficient (Wildman–Crippen LogP) is 2.76. The molecule has 0 amide bonds. The summed E-state index contributed by atoms with van der Waals surface area (Å²) in [6.45, 7) is 4.95. The number of allylic oxidation sites excluding steroid dienone is 1. The molecule has 0 aliphatic carbocycles. The maximum atomic E-state index is 13.7. The van der Waals surface area contributed by atoms with E-state index in [0.29, 0.717) is 5.69 Å². The number of ether oxygens (including phenoxy) is 1. The van der Waals surface area contributed by atoms with Gasteiger partial charge in [-0.1, -0.05) is 23.8 Å². The van der Waals surface area contributed by atoms with Crippen LogP contribution in [0.25, 0.3) is 0 Å². The van der Waals surface area contributed by atoms with Gasteiger partial charge in [0.05, 0.1) is 27.4 Å². The van der Waals surface area contributed by atoms with Crippen molar-refractivity contribution < 1.29 is 27.9 Å². The van der Waals surface area contributed by atoms with E-state index in [4.69, 9.17) is 16.3 Å². The van der Waals surface area contributed by atoms with Crippen LogP contribution in [0, 0.1) is 13.8 Å². The minimum absolute atomic E-state index is 0.00125. The van der Waals surface area contributed by atoms with Crippen LogP contribution in [-0.2, 0) is 30.4 Å². The van der Waals surface area contributed by atoms with Crippen LogP contribution in [0.5, 0.6) is 5.88 Å². The molecule has 0 radical (unpaired) electrons. The highest BCUT2D eigenvalue weighted by Crippen LogP contribution is 2.33. The summed E-state index contributed by atoms with van der Waals surface area (Å²) >= 11 is 6.58. The Balaban J connectivity index is 2.11. The van der Waals surface area contributed by atoms with E-state index in [1.807, 2.05) is 0 Å². The summed E-state index contributed by atoms with van der Waals surface area (Å²) in [6.07, 6.45) is 4.50. The highest BCUT2D eigenvalue weighted by Gasteiger charge is 2.30. The first kappa shape index (κ1) is 27.3. The van der Waals surface area contributed by atoms with Gasteiger partial charge in [-0.3, -0.25) is 9.48 Å². The molecule has 0 saturated heterocycles. The molecule has 1 unspecified atom stereocenters. The summed E-state index contributed by atoms with van der Waals surface area (Å²) < 4.78 is 33.0. The number of nitrogens with zero attached hydrogens (tertiary/aromatic N) is 4. The second-order valence-electron chi connectivity index (χ2n) is 8.38. The zero-order valence-corrected chi connectivity index (χ0v) is 22.3. The lowest BCUT2D eigenvalue weighted by Gasteiger charge is -2.15. The standard InChI is InChI=1S/C24H27ClN4O6S/c1-7-8-15(30)11-17-19(36(6,33)34)10-9-16(21(17)25)22(31)20-14(3)27-29(5)23(20)35-24(32)18-12-28(4)26-13(18)2/h7-10,12,15,30H,11H2,1-6H3. The van der Waals surface area contributed by atoms with Gasteiger partial charge in [-0.15, -0.1) is 0 Å². The van der Waals surface area contributed by atoms with Crippen molar-refractivity contribution in [3.63, 3.8) is 0 Å². The van der Waals surface area contributed by atoms with Crippen LogP contribution < -0.4 is 4.74 Å². The van der Waals surface area contributed by atoms with Crippen molar-refractivity contribution in [2.75, 3.05) is 6.26 Å². The molecule has 0 spiro atoms. The molecule has 10 nitrogen and oxygen atoms in total. The topological polar surface area (TPSA) is 133 Å². The van der Waals surface area contributed by atoms with Crippen molar-refractivity contribution >= 4 is 33.2 Å². The fraction of sp³-hybridized carbons (Fsp3) is 0.333. The molecule has 3 rings (SSSR count). The molecule has 1 aromatic carbocycles. The number of sulfone groups is 1. The third-order valence-electron chi connectivity index (χ3n) is 5.49. The van der Waals surface area contributed by atoms with Gasteiger partial charge in [0, 0.05) is 38.5 Å². The number of aromatic nitrogens is 4. The Morgan fingerprint density at radius 2 is 1.83 bits per heavy atom. The van der Waals surface area contributed by atoms with Crippen LogP contribution in [0.4, 0.5) is 0 Å². The van der Waals surface area contributed by atoms with Crippen LogP contribution in [-0.4, -0.2) is 57.2 Å². The van der Waals surface area contributed by atoms with E-state index in [1.54, 1.807) is 33.9 Å². The molecule has 1 atom stereocenters. The number of ketones is 1. The molecule has 0 saturated carbocycles. The molecule has 0 fully saturated rings. The average molecular weight is 535 g/mol. The number of benzene rings is 1. The van der Waals surface area contributed by atoms with E-state index < -0.39 is 27.7 Å². The lowest BCUT2D eigenvalue weighted by Crippen LogP contribution is -2.16. The van der Waals surface area contributed by atoms with E-state index in [2.05, 4.69) is 10.2 Å². The number of hydrogen-bond donors (Lipinski definition) is 1. The summed E-state index contributed by atoms with van der Waals surface area (Å²) in [4.78, 5) is 26.4. The SMILES string of the molecule is CC=CC(O)Cc1c(S(C)(=O)=O)ccc(C(=O)c2c(C)nn(C)c2OC(=O)c2cn(C)nc2C)c1Cl. The van der Waals surface area contributed by atoms with Gasteiger partial charge in [0.1, 0.15) is 11.1 Å². The molecule has 2 aromatic heterocycles. The summed E-state index contributed by atoms with van der Waals surface area (Å²) in [5, 5.41) is 18.5. The van der Waals surface area contributed by atoms with Gasteiger partial charge in [-0.05, 0) is 38.5 Å². The maximum Gasteiger partial charge on any atom is 0.348 e. The molecule has 12 heteroatoms. The zero-order valence-electron chi connectivity index (χ0n) is 20.7. The van der Waals surface area contributed by atoms with Crippen molar-refractivity contribution in [3.8, 4) is 5.88 Å². The molecule has 3 aromatic rings. The second-order valence-corrected chi connectivity index (χ2v) is 10.7. The summed E-state index contributed by atoms with van der Waals surface area (Å²) in [5.41, 5.74) is 1.07. The first-order valence-electron chi connectivity index (χ1n) is 10.9. The van der Waals surface area contributed by atoms with Crippen molar-refractivity contribution in [1.82, 2.24) is 19.6 Å². The molecule has 0 aliphatic rings. The monoisotopic (exact) mass is 534 g/mol. The van der Waals surface area contributed by atoms with Crippen LogP contribution in [0.15, 0.2) is 35.4 Å². The van der Waals surface area contributed by atoms with Crippen LogP contribution in [0.2, 0.25) is 5.02 Å². The minimum atomic E-state index is -3.71. The minimum Gasteiger partial charge on any atom is -0.403 e. The largest absolute Gasteiger partial charge is 0.403 e. The Kier molecular flexibility index (Phi) is 7.87. The first-order valence-corrected chi connectivity index (χ1v) is 13.2. The number of carbonyl (C=O) groups is 2. The third-order valence-corrected chi connectivity index (χ3v) is 7.10. The Hall–Kier alpha value is -3.28. The number of halogens is 1. The zero-order chi connectivity index (χ0) is 26.9. The van der Waals surface area contributed by atoms with E-state index in [1.165, 1.54) is 40.8 Å². The van der Waals surface area contributed by atoms with Gasteiger partial charge < -0.3 is 9.84 Å². The summed E-state index contributed by atoms with van der Waals surface area (Å²) in [6, 6.07) is 2.58. The molecule has 1 N–H and O–H groups in total. The quantitative estimate of drug-likeness (QED) is 0.265. The van der Waals surface area contributed by atoms with Gasteiger partial charge in [0.25, 0.3) is 0 Å². The van der Waals surface area contributed by atoms with E-state index >= 15 is 0 Å². The predicted molar refractivity (Wildman–Crippen MR) is 133 cm³/mol. The van der Waals surface area contributed by atoms with Gasteiger partial charge in [-0.25, -0.2) is 17.9 Å². The fourth-order valence-corrected chi connectivity index (χ4v) is 5.24.